The summed E-state index contributed by atoms with van der Waals surface area (Å²) < 4.78 is 6.93. The number of ether oxygens (including phenoxy) is 1. The third kappa shape index (κ3) is 4.06. The molecule has 0 aliphatic heterocycles. The molecule has 3 rings (SSSR count). The SMILES string of the molecule is CCC(C)(C)NC(=O)COC(=O)Cn1c2ccccc2c(=O)c2ccccc21. The molecule has 0 fully saturated rings. The molecule has 0 atom stereocenters. The summed E-state index contributed by atoms with van der Waals surface area (Å²) in [5, 5.41) is 3.90. The van der Waals surface area contributed by atoms with Crippen molar-refractivity contribution in [3.05, 3.63) is 58.8 Å². The van der Waals surface area contributed by atoms with Gasteiger partial charge < -0.3 is 14.6 Å². The fourth-order valence-electron chi connectivity index (χ4n) is 3.07. The molecule has 0 spiro atoms. The highest BCUT2D eigenvalue weighted by molar-refractivity contribution is 5.94. The van der Waals surface area contributed by atoms with Gasteiger partial charge in [-0.1, -0.05) is 31.2 Å². The van der Waals surface area contributed by atoms with Crippen molar-refractivity contribution in [3.63, 3.8) is 0 Å². The van der Waals surface area contributed by atoms with Crippen LogP contribution in [-0.4, -0.2) is 28.6 Å². The van der Waals surface area contributed by atoms with E-state index in [2.05, 4.69) is 5.32 Å². The Morgan fingerprint density at radius 2 is 1.54 bits per heavy atom. The third-order valence-corrected chi connectivity index (χ3v) is 4.89. The maximum atomic E-state index is 12.7. The van der Waals surface area contributed by atoms with E-state index < -0.39 is 5.97 Å². The Kier molecular flexibility index (Phi) is 5.49. The zero-order chi connectivity index (χ0) is 20.3. The quantitative estimate of drug-likeness (QED) is 0.527. The lowest BCUT2D eigenvalue weighted by Gasteiger charge is -2.24. The first kappa shape index (κ1) is 19.6. The lowest BCUT2D eigenvalue weighted by molar-refractivity contribution is -0.149. The molecule has 3 aromatic rings. The Hall–Kier alpha value is -3.15. The number of carbonyl (C=O) groups is 2. The number of pyridine rings is 1. The van der Waals surface area contributed by atoms with Crippen LogP contribution in [0, 0.1) is 0 Å². The van der Waals surface area contributed by atoms with Crippen molar-refractivity contribution in [2.45, 2.75) is 39.3 Å². The number of hydrogen-bond donors (Lipinski definition) is 1. The van der Waals surface area contributed by atoms with Crippen molar-refractivity contribution in [2.24, 2.45) is 0 Å². The van der Waals surface area contributed by atoms with Gasteiger partial charge in [-0.05, 0) is 44.5 Å². The number of rotatable bonds is 6. The number of fused-ring (bicyclic) bond motifs is 2. The van der Waals surface area contributed by atoms with Crippen LogP contribution < -0.4 is 10.7 Å². The molecule has 0 radical (unpaired) electrons. The van der Waals surface area contributed by atoms with Crippen LogP contribution in [0.2, 0.25) is 0 Å². The van der Waals surface area contributed by atoms with Crippen LogP contribution in [0.5, 0.6) is 0 Å². The summed E-state index contributed by atoms with van der Waals surface area (Å²) in [7, 11) is 0. The van der Waals surface area contributed by atoms with Crippen molar-refractivity contribution < 1.29 is 14.3 Å². The van der Waals surface area contributed by atoms with Crippen molar-refractivity contribution in [1.82, 2.24) is 9.88 Å². The fraction of sp³-hybridized carbons (Fsp3) is 0.318. The van der Waals surface area contributed by atoms with Crippen LogP contribution in [-0.2, 0) is 20.9 Å². The Morgan fingerprint density at radius 1 is 1.00 bits per heavy atom. The highest BCUT2D eigenvalue weighted by atomic mass is 16.5. The maximum Gasteiger partial charge on any atom is 0.326 e. The molecule has 0 unspecified atom stereocenters. The Morgan fingerprint density at radius 3 is 2.07 bits per heavy atom. The van der Waals surface area contributed by atoms with E-state index in [1.54, 1.807) is 41.0 Å². The molecule has 0 aliphatic rings. The highest BCUT2D eigenvalue weighted by Crippen LogP contribution is 2.19. The molecule has 0 saturated carbocycles. The van der Waals surface area contributed by atoms with Crippen molar-refractivity contribution in [1.29, 1.82) is 0 Å². The minimum atomic E-state index is -0.539. The molecule has 2 aromatic carbocycles. The highest BCUT2D eigenvalue weighted by Gasteiger charge is 2.19. The molecule has 1 aromatic heterocycles. The minimum absolute atomic E-state index is 0.0722. The smallest absolute Gasteiger partial charge is 0.326 e. The lowest BCUT2D eigenvalue weighted by atomic mass is 10.0. The van der Waals surface area contributed by atoms with Crippen molar-refractivity contribution in [3.8, 4) is 0 Å². The van der Waals surface area contributed by atoms with Crippen LogP contribution >= 0.6 is 0 Å². The number of benzene rings is 2. The molecular formula is C22H24N2O4. The van der Waals surface area contributed by atoms with E-state index in [1.807, 2.05) is 32.9 Å². The van der Waals surface area contributed by atoms with Gasteiger partial charge in [-0.15, -0.1) is 0 Å². The number of nitrogens with zero attached hydrogens (tertiary/aromatic N) is 1. The third-order valence-electron chi connectivity index (χ3n) is 4.89. The van der Waals surface area contributed by atoms with E-state index in [9.17, 15) is 14.4 Å². The van der Waals surface area contributed by atoms with Gasteiger partial charge in [0.05, 0.1) is 11.0 Å². The maximum absolute atomic E-state index is 12.7. The molecule has 0 bridgehead atoms. The van der Waals surface area contributed by atoms with E-state index in [-0.39, 0.29) is 30.0 Å². The Bertz CT molecular complexity index is 1040. The Balaban J connectivity index is 1.85. The summed E-state index contributed by atoms with van der Waals surface area (Å²) in [6.07, 6.45) is 0.766. The predicted octanol–water partition coefficient (Wildman–Crippen LogP) is 3.00. The standard InChI is InChI=1S/C22H24N2O4/c1-4-22(2,3)23-19(25)14-28-20(26)13-24-17-11-7-5-9-15(17)21(27)16-10-6-8-12-18(16)24/h5-12H,4,13-14H2,1-3H3,(H,23,25). The second kappa shape index (κ2) is 7.84. The number of carbonyl (C=O) groups excluding carboxylic acids is 2. The van der Waals surface area contributed by atoms with Gasteiger partial charge in [-0.25, -0.2) is 0 Å². The topological polar surface area (TPSA) is 77.4 Å². The number of hydrogen-bond acceptors (Lipinski definition) is 4. The van der Waals surface area contributed by atoms with E-state index in [4.69, 9.17) is 4.74 Å². The normalized spacial score (nSPS) is 11.5. The average molecular weight is 380 g/mol. The summed E-state index contributed by atoms with van der Waals surface area (Å²) in [6.45, 7) is 5.36. The monoisotopic (exact) mass is 380 g/mol. The molecule has 1 amide bonds. The van der Waals surface area contributed by atoms with Gasteiger partial charge in [-0.2, -0.15) is 0 Å². The van der Waals surface area contributed by atoms with Gasteiger partial charge in [0.2, 0.25) is 0 Å². The van der Waals surface area contributed by atoms with Crippen molar-refractivity contribution in [2.75, 3.05) is 6.61 Å². The van der Waals surface area contributed by atoms with Crippen molar-refractivity contribution >= 4 is 33.7 Å². The van der Waals surface area contributed by atoms with Gasteiger partial charge in [0.1, 0.15) is 6.54 Å². The number of amides is 1. The number of para-hydroxylation sites is 2. The number of aromatic nitrogens is 1. The van der Waals surface area contributed by atoms with Gasteiger partial charge in [0.15, 0.2) is 12.0 Å². The summed E-state index contributed by atoms with van der Waals surface area (Å²) >= 11 is 0. The van der Waals surface area contributed by atoms with Gasteiger partial charge in [-0.3, -0.25) is 14.4 Å². The van der Waals surface area contributed by atoms with E-state index in [0.29, 0.717) is 21.8 Å². The first-order chi connectivity index (χ1) is 13.3. The van der Waals surface area contributed by atoms with Gasteiger partial charge in [0, 0.05) is 16.3 Å². The predicted molar refractivity (Wildman–Crippen MR) is 109 cm³/mol. The number of esters is 1. The zero-order valence-electron chi connectivity index (χ0n) is 16.3. The second-order valence-electron chi connectivity index (χ2n) is 7.40. The van der Waals surface area contributed by atoms with Crippen LogP contribution in [0.4, 0.5) is 0 Å². The average Bonchev–Trinajstić information content (AvgIpc) is 2.69. The molecular weight excluding hydrogens is 356 g/mol. The van der Waals surface area contributed by atoms with Gasteiger partial charge >= 0.3 is 5.97 Å². The summed E-state index contributed by atoms with van der Waals surface area (Å²) in [4.78, 5) is 37.2. The lowest BCUT2D eigenvalue weighted by Crippen LogP contribution is -2.44. The molecule has 1 N–H and O–H groups in total. The zero-order valence-corrected chi connectivity index (χ0v) is 16.3. The first-order valence-corrected chi connectivity index (χ1v) is 9.29. The van der Waals surface area contributed by atoms with Crippen LogP contribution in [0.25, 0.3) is 21.8 Å². The summed E-state index contributed by atoms with van der Waals surface area (Å²) in [5.41, 5.74) is 0.880. The van der Waals surface area contributed by atoms with Gasteiger partial charge in [0.25, 0.3) is 5.91 Å². The largest absolute Gasteiger partial charge is 0.454 e. The van der Waals surface area contributed by atoms with E-state index in [1.165, 1.54) is 0 Å². The Labute approximate surface area is 163 Å². The summed E-state index contributed by atoms with van der Waals surface area (Å²) in [5.74, 6) is -0.877. The van der Waals surface area contributed by atoms with Crippen LogP contribution in [0.1, 0.15) is 27.2 Å². The summed E-state index contributed by atoms with van der Waals surface area (Å²) in [6, 6.07) is 14.3. The molecule has 0 aliphatic carbocycles. The van der Waals surface area contributed by atoms with Crippen LogP contribution in [0.3, 0.4) is 0 Å². The molecule has 6 heteroatoms. The molecule has 1 heterocycles. The number of nitrogens with one attached hydrogen (secondary N) is 1. The van der Waals surface area contributed by atoms with E-state index >= 15 is 0 Å². The van der Waals surface area contributed by atoms with E-state index in [0.717, 1.165) is 6.42 Å². The second-order valence-corrected chi connectivity index (χ2v) is 7.40. The van der Waals surface area contributed by atoms with Crippen LogP contribution in [0.15, 0.2) is 53.3 Å². The fourth-order valence-corrected chi connectivity index (χ4v) is 3.07. The minimum Gasteiger partial charge on any atom is -0.454 e. The molecule has 28 heavy (non-hydrogen) atoms. The molecule has 146 valence electrons. The molecule has 6 nitrogen and oxygen atoms in total. The molecule has 0 saturated heterocycles. The first-order valence-electron chi connectivity index (χ1n) is 9.29.